The zero-order valence-corrected chi connectivity index (χ0v) is 11.3. The van der Waals surface area contributed by atoms with Gasteiger partial charge in [0.25, 0.3) is 5.69 Å². The van der Waals surface area contributed by atoms with E-state index in [1.807, 2.05) is 0 Å². The van der Waals surface area contributed by atoms with E-state index < -0.39 is 50.2 Å². The fourth-order valence-electron chi connectivity index (χ4n) is 2.37. The van der Waals surface area contributed by atoms with E-state index in [4.69, 9.17) is 5.73 Å². The molecule has 0 bridgehead atoms. The van der Waals surface area contributed by atoms with Crippen LogP contribution in [0.1, 0.15) is 18.4 Å². The standard InChI is InChI=1S/C11H9F3N4O5/c12-11(13,14)5-4-6(17(20)21)8(15)10(18(22)23)9(5)16-3-1-2-7(16)19/h4H,1-3,15H2. The number of carbonyl (C=O) groups is 1. The van der Waals surface area contributed by atoms with E-state index in [1.165, 1.54) is 0 Å². The SMILES string of the molecule is Nc1c([N+](=O)[O-])cc(C(F)(F)F)c(N2CCCC2=O)c1[N+](=O)[O-]. The predicted octanol–water partition coefficient (Wildman–Crippen LogP) is 2.23. The molecule has 1 amide bonds. The fourth-order valence-corrected chi connectivity index (χ4v) is 2.37. The molecule has 2 N–H and O–H groups in total. The van der Waals surface area contributed by atoms with Crippen molar-refractivity contribution in [2.45, 2.75) is 19.0 Å². The molecule has 0 atom stereocenters. The lowest BCUT2D eigenvalue weighted by Gasteiger charge is -2.21. The second-order valence-electron chi connectivity index (χ2n) is 4.72. The van der Waals surface area contributed by atoms with Crippen molar-refractivity contribution < 1.29 is 27.8 Å². The van der Waals surface area contributed by atoms with Crippen LogP contribution in [0.3, 0.4) is 0 Å². The molecule has 12 heteroatoms. The van der Waals surface area contributed by atoms with Crippen LogP contribution in [0, 0.1) is 20.2 Å². The lowest BCUT2D eigenvalue weighted by atomic mass is 10.1. The summed E-state index contributed by atoms with van der Waals surface area (Å²) < 4.78 is 39.7. The van der Waals surface area contributed by atoms with Gasteiger partial charge in [0.15, 0.2) is 5.69 Å². The topological polar surface area (TPSA) is 133 Å². The van der Waals surface area contributed by atoms with Crippen molar-refractivity contribution in [1.29, 1.82) is 0 Å². The summed E-state index contributed by atoms with van der Waals surface area (Å²) in [6, 6.07) is 0.114. The number of halogens is 3. The van der Waals surface area contributed by atoms with Crippen LogP contribution in [-0.2, 0) is 11.0 Å². The monoisotopic (exact) mass is 334 g/mol. The Balaban J connectivity index is 2.90. The maximum absolute atomic E-state index is 13.2. The van der Waals surface area contributed by atoms with Crippen molar-refractivity contribution in [3.63, 3.8) is 0 Å². The van der Waals surface area contributed by atoms with Crippen molar-refractivity contribution >= 4 is 28.7 Å². The molecule has 1 heterocycles. The summed E-state index contributed by atoms with van der Waals surface area (Å²) in [4.78, 5) is 31.8. The average Bonchev–Trinajstić information content (AvgIpc) is 2.81. The number of carbonyl (C=O) groups excluding carboxylic acids is 1. The van der Waals surface area contributed by atoms with E-state index in [0.29, 0.717) is 4.90 Å². The van der Waals surface area contributed by atoms with Gasteiger partial charge < -0.3 is 10.6 Å². The van der Waals surface area contributed by atoms with Crippen LogP contribution in [0.2, 0.25) is 0 Å². The first-order valence-electron chi connectivity index (χ1n) is 6.18. The van der Waals surface area contributed by atoms with Crippen molar-refractivity contribution in [2.75, 3.05) is 17.2 Å². The summed E-state index contributed by atoms with van der Waals surface area (Å²) in [5.74, 6) is -0.744. The quantitative estimate of drug-likeness (QED) is 0.512. The van der Waals surface area contributed by atoms with Gasteiger partial charge in [-0.3, -0.25) is 25.0 Å². The van der Waals surface area contributed by atoms with E-state index in [0.717, 1.165) is 0 Å². The zero-order chi connectivity index (χ0) is 17.5. The van der Waals surface area contributed by atoms with Crippen LogP contribution in [-0.4, -0.2) is 22.3 Å². The number of rotatable bonds is 3. The molecule has 1 aliphatic rings. The number of hydrogen-bond acceptors (Lipinski definition) is 6. The third-order valence-electron chi connectivity index (χ3n) is 3.32. The van der Waals surface area contributed by atoms with E-state index in [-0.39, 0.29) is 25.5 Å². The third-order valence-corrected chi connectivity index (χ3v) is 3.32. The number of nitrogens with two attached hydrogens (primary N) is 1. The Morgan fingerprint density at radius 2 is 1.83 bits per heavy atom. The van der Waals surface area contributed by atoms with Gasteiger partial charge in [-0.25, -0.2) is 0 Å². The van der Waals surface area contributed by atoms with Gasteiger partial charge in [-0.2, -0.15) is 13.2 Å². The van der Waals surface area contributed by atoms with Gasteiger partial charge >= 0.3 is 11.9 Å². The summed E-state index contributed by atoms with van der Waals surface area (Å²) in [6.45, 7) is -0.167. The van der Waals surface area contributed by atoms with Crippen LogP contribution in [0.4, 0.5) is 35.9 Å². The highest BCUT2D eigenvalue weighted by Crippen LogP contribution is 2.49. The second-order valence-corrected chi connectivity index (χ2v) is 4.72. The van der Waals surface area contributed by atoms with Crippen molar-refractivity contribution in [1.82, 2.24) is 0 Å². The smallest absolute Gasteiger partial charge is 0.387 e. The number of nitro groups is 2. The van der Waals surface area contributed by atoms with Gasteiger partial charge in [0, 0.05) is 19.0 Å². The zero-order valence-electron chi connectivity index (χ0n) is 11.3. The Kier molecular flexibility index (Phi) is 3.84. The van der Waals surface area contributed by atoms with Crippen LogP contribution in [0.5, 0.6) is 0 Å². The molecule has 9 nitrogen and oxygen atoms in total. The van der Waals surface area contributed by atoms with E-state index in [2.05, 4.69) is 0 Å². The number of nitrogens with zero attached hydrogens (tertiary/aromatic N) is 3. The molecule has 1 aromatic carbocycles. The molecule has 0 unspecified atom stereocenters. The van der Waals surface area contributed by atoms with Crippen molar-refractivity contribution in [3.8, 4) is 0 Å². The number of nitrogen functional groups attached to an aromatic ring is 1. The van der Waals surface area contributed by atoms with Gasteiger partial charge in [0.1, 0.15) is 5.69 Å². The number of benzene rings is 1. The van der Waals surface area contributed by atoms with Gasteiger partial charge in [-0.15, -0.1) is 0 Å². The molecular weight excluding hydrogens is 325 g/mol. The maximum Gasteiger partial charge on any atom is 0.418 e. The van der Waals surface area contributed by atoms with Gasteiger partial charge in [-0.1, -0.05) is 0 Å². The highest BCUT2D eigenvalue weighted by molar-refractivity contribution is 6.01. The molecule has 124 valence electrons. The van der Waals surface area contributed by atoms with Crippen LogP contribution in [0.15, 0.2) is 6.07 Å². The average molecular weight is 334 g/mol. The molecule has 1 fully saturated rings. The first-order chi connectivity index (χ1) is 10.6. The number of amides is 1. The molecule has 0 saturated carbocycles. The van der Waals surface area contributed by atoms with Crippen LogP contribution < -0.4 is 10.6 Å². The summed E-state index contributed by atoms with van der Waals surface area (Å²) in [5.41, 5.74) is -0.916. The van der Waals surface area contributed by atoms with Gasteiger partial charge in [0.2, 0.25) is 5.91 Å². The normalized spacial score (nSPS) is 15.1. The Labute approximate surface area is 125 Å². The number of nitro benzene ring substituents is 2. The molecule has 0 aromatic heterocycles. The highest BCUT2D eigenvalue weighted by atomic mass is 19.4. The van der Waals surface area contributed by atoms with Crippen LogP contribution in [0.25, 0.3) is 0 Å². The Hall–Kier alpha value is -2.92. The van der Waals surface area contributed by atoms with E-state index >= 15 is 0 Å². The van der Waals surface area contributed by atoms with Crippen LogP contribution >= 0.6 is 0 Å². The summed E-state index contributed by atoms with van der Waals surface area (Å²) in [7, 11) is 0. The Bertz CT molecular complexity index is 719. The van der Waals surface area contributed by atoms with Crippen molar-refractivity contribution in [3.05, 3.63) is 31.9 Å². The molecular formula is C11H9F3N4O5. The summed E-state index contributed by atoms with van der Waals surface area (Å²) in [6.07, 6.45) is -5.00. The summed E-state index contributed by atoms with van der Waals surface area (Å²) >= 11 is 0. The first kappa shape index (κ1) is 16.5. The summed E-state index contributed by atoms with van der Waals surface area (Å²) in [5, 5.41) is 22.0. The molecule has 1 aromatic rings. The molecule has 1 aliphatic heterocycles. The Morgan fingerprint density at radius 3 is 2.22 bits per heavy atom. The third kappa shape index (κ3) is 2.74. The number of alkyl halides is 3. The molecule has 1 saturated heterocycles. The van der Waals surface area contributed by atoms with Gasteiger partial charge in [-0.05, 0) is 6.42 Å². The lowest BCUT2D eigenvalue weighted by Crippen LogP contribution is -2.28. The predicted molar refractivity (Wildman–Crippen MR) is 70.8 cm³/mol. The Morgan fingerprint density at radius 1 is 1.22 bits per heavy atom. The molecule has 0 radical (unpaired) electrons. The van der Waals surface area contributed by atoms with Crippen molar-refractivity contribution in [2.24, 2.45) is 0 Å². The minimum Gasteiger partial charge on any atom is -0.387 e. The highest BCUT2D eigenvalue weighted by Gasteiger charge is 2.45. The van der Waals surface area contributed by atoms with E-state index in [1.54, 1.807) is 0 Å². The van der Waals surface area contributed by atoms with E-state index in [9.17, 15) is 38.2 Å². The minimum absolute atomic E-state index is 0.0780. The lowest BCUT2D eigenvalue weighted by molar-refractivity contribution is -0.392. The number of hydrogen-bond donors (Lipinski definition) is 1. The first-order valence-corrected chi connectivity index (χ1v) is 6.18. The second kappa shape index (κ2) is 5.37. The van der Waals surface area contributed by atoms with Gasteiger partial charge in [0.05, 0.1) is 15.4 Å². The molecule has 23 heavy (non-hydrogen) atoms. The fraction of sp³-hybridized carbons (Fsp3) is 0.364. The molecule has 2 rings (SSSR count). The minimum atomic E-state index is -5.14. The largest absolute Gasteiger partial charge is 0.418 e. The number of anilines is 2. The molecule has 0 spiro atoms. The maximum atomic E-state index is 13.2. The molecule has 0 aliphatic carbocycles.